The molecule has 0 bridgehead atoms. The third-order valence-electron chi connectivity index (χ3n) is 6.93. The fourth-order valence-electron chi connectivity index (χ4n) is 5.08. The number of piperidine rings is 1. The van der Waals surface area contributed by atoms with Crippen LogP contribution in [0.3, 0.4) is 0 Å². The minimum absolute atomic E-state index is 0.102. The lowest BCUT2D eigenvalue weighted by molar-refractivity contribution is 0.0942. The molecule has 4 N–H and O–H groups in total. The summed E-state index contributed by atoms with van der Waals surface area (Å²) in [4.78, 5) is 25.7. The molecule has 5 rings (SSSR count). The molecule has 8 nitrogen and oxygen atoms in total. The summed E-state index contributed by atoms with van der Waals surface area (Å²) in [7, 11) is 1.80. The van der Waals surface area contributed by atoms with Gasteiger partial charge in [0.1, 0.15) is 0 Å². The van der Waals surface area contributed by atoms with Gasteiger partial charge in [-0.05, 0) is 38.1 Å². The van der Waals surface area contributed by atoms with Crippen molar-refractivity contribution < 1.29 is 4.79 Å². The van der Waals surface area contributed by atoms with E-state index in [0.29, 0.717) is 24.6 Å². The first-order valence-corrected chi connectivity index (χ1v) is 12.9. The number of carbonyl (C=O) groups is 1. The van der Waals surface area contributed by atoms with Crippen LogP contribution >= 0.6 is 0 Å². The molecule has 1 fully saturated rings. The minimum atomic E-state index is -0.189. The SMILES string of the molecule is CNc1nc(N2CCCC(N)C2)n(CC=C(C)C)c1C(=O)NCc1nc2ccccc2c2ccccc12. The Hall–Kier alpha value is -3.91. The van der Waals surface area contributed by atoms with Crippen molar-refractivity contribution in [3.8, 4) is 0 Å². The third-order valence-corrected chi connectivity index (χ3v) is 6.93. The number of fused-ring (bicyclic) bond motifs is 3. The molecule has 0 saturated carbocycles. The van der Waals surface area contributed by atoms with Gasteiger partial charge in [0.05, 0.1) is 17.8 Å². The monoisotopic (exact) mass is 497 g/mol. The second-order valence-electron chi connectivity index (χ2n) is 9.90. The molecule has 1 aliphatic heterocycles. The number of hydrogen-bond donors (Lipinski definition) is 3. The highest BCUT2D eigenvalue weighted by atomic mass is 16.2. The van der Waals surface area contributed by atoms with Crippen LogP contribution in [0.2, 0.25) is 0 Å². The summed E-state index contributed by atoms with van der Waals surface area (Å²) >= 11 is 0. The second-order valence-corrected chi connectivity index (χ2v) is 9.90. The number of benzene rings is 2. The molecule has 37 heavy (non-hydrogen) atoms. The molecule has 0 radical (unpaired) electrons. The smallest absolute Gasteiger partial charge is 0.272 e. The van der Waals surface area contributed by atoms with Crippen LogP contribution in [-0.2, 0) is 13.1 Å². The highest BCUT2D eigenvalue weighted by Gasteiger charge is 2.27. The molecule has 2 aromatic carbocycles. The van der Waals surface area contributed by atoms with Gasteiger partial charge in [-0.3, -0.25) is 9.78 Å². The van der Waals surface area contributed by atoms with E-state index < -0.39 is 0 Å². The van der Waals surface area contributed by atoms with E-state index in [1.165, 1.54) is 5.57 Å². The summed E-state index contributed by atoms with van der Waals surface area (Å²) in [6.45, 7) is 6.58. The Morgan fingerprint density at radius 3 is 2.54 bits per heavy atom. The summed E-state index contributed by atoms with van der Waals surface area (Å²) in [6, 6.07) is 16.4. The van der Waals surface area contributed by atoms with Gasteiger partial charge in [-0.1, -0.05) is 54.1 Å². The predicted octanol–water partition coefficient (Wildman–Crippen LogP) is 4.45. The number of nitrogens with one attached hydrogen (secondary N) is 2. The lowest BCUT2D eigenvalue weighted by atomic mass is 10.0. The number of allylic oxidation sites excluding steroid dienone is 2. The van der Waals surface area contributed by atoms with E-state index in [9.17, 15) is 4.79 Å². The normalized spacial score (nSPS) is 15.7. The maximum absolute atomic E-state index is 13.7. The molecule has 192 valence electrons. The second kappa shape index (κ2) is 10.6. The number of aromatic nitrogens is 3. The first kappa shape index (κ1) is 24.8. The largest absolute Gasteiger partial charge is 0.371 e. The van der Waals surface area contributed by atoms with Crippen LogP contribution in [0.5, 0.6) is 0 Å². The molecular weight excluding hydrogens is 462 g/mol. The first-order valence-electron chi connectivity index (χ1n) is 12.9. The summed E-state index contributed by atoms with van der Waals surface area (Å²) < 4.78 is 2.00. The Morgan fingerprint density at radius 2 is 1.81 bits per heavy atom. The van der Waals surface area contributed by atoms with E-state index in [-0.39, 0.29) is 11.9 Å². The molecule has 8 heteroatoms. The zero-order valence-electron chi connectivity index (χ0n) is 21.8. The van der Waals surface area contributed by atoms with Crippen molar-refractivity contribution in [2.24, 2.45) is 5.73 Å². The van der Waals surface area contributed by atoms with Gasteiger partial charge in [-0.2, -0.15) is 4.98 Å². The van der Waals surface area contributed by atoms with Crippen molar-refractivity contribution in [2.75, 3.05) is 30.4 Å². The Balaban J connectivity index is 1.50. The fourth-order valence-corrected chi connectivity index (χ4v) is 5.08. The van der Waals surface area contributed by atoms with Gasteiger partial charge < -0.3 is 25.8 Å². The maximum atomic E-state index is 13.7. The van der Waals surface area contributed by atoms with Gasteiger partial charge in [0.15, 0.2) is 11.5 Å². The molecule has 1 aliphatic rings. The van der Waals surface area contributed by atoms with E-state index in [1.807, 2.05) is 34.9 Å². The van der Waals surface area contributed by atoms with E-state index in [1.54, 1.807) is 7.05 Å². The molecule has 1 saturated heterocycles. The van der Waals surface area contributed by atoms with Gasteiger partial charge in [0.25, 0.3) is 5.91 Å². The van der Waals surface area contributed by atoms with E-state index >= 15 is 0 Å². The van der Waals surface area contributed by atoms with Crippen LogP contribution in [0.4, 0.5) is 11.8 Å². The molecule has 0 aliphatic carbocycles. The van der Waals surface area contributed by atoms with Crippen molar-refractivity contribution >= 4 is 39.3 Å². The Morgan fingerprint density at radius 1 is 1.08 bits per heavy atom. The zero-order chi connectivity index (χ0) is 25.9. The molecule has 2 aromatic heterocycles. The number of imidazole rings is 1. The lowest BCUT2D eigenvalue weighted by Crippen LogP contribution is -2.44. The van der Waals surface area contributed by atoms with Crippen molar-refractivity contribution in [3.05, 3.63) is 71.6 Å². The molecule has 1 amide bonds. The summed E-state index contributed by atoms with van der Waals surface area (Å²) in [6.07, 6.45) is 4.13. The number of carbonyl (C=O) groups excluding carboxylic acids is 1. The predicted molar refractivity (Wildman–Crippen MR) is 151 cm³/mol. The van der Waals surface area contributed by atoms with Gasteiger partial charge in [0, 0.05) is 43.5 Å². The summed E-state index contributed by atoms with van der Waals surface area (Å²) in [5.41, 5.74) is 9.72. The van der Waals surface area contributed by atoms with E-state index in [0.717, 1.165) is 59.2 Å². The number of pyridine rings is 1. The topological polar surface area (TPSA) is 101 Å². The van der Waals surface area contributed by atoms with Crippen LogP contribution in [-0.4, -0.2) is 46.6 Å². The molecule has 3 heterocycles. The standard InChI is InChI=1S/C29H35N7O/c1-19(2)14-16-36-26(27(31-3)34-29(36)35-15-8-9-20(30)18-35)28(37)32-17-25-23-12-5-4-10-21(23)22-11-6-7-13-24(22)33-25/h4-7,10-14,20,31H,8-9,15-18,30H2,1-3H3,(H,32,37). The van der Waals surface area contributed by atoms with Crippen LogP contribution in [0.25, 0.3) is 21.7 Å². The highest BCUT2D eigenvalue weighted by molar-refractivity contribution is 6.06. The fraction of sp³-hybridized carbons (Fsp3) is 0.345. The van der Waals surface area contributed by atoms with Gasteiger partial charge in [-0.25, -0.2) is 0 Å². The Kier molecular flexibility index (Phi) is 7.10. The van der Waals surface area contributed by atoms with Gasteiger partial charge in [0.2, 0.25) is 5.95 Å². The van der Waals surface area contributed by atoms with Crippen LogP contribution in [0, 0.1) is 0 Å². The van der Waals surface area contributed by atoms with E-state index in [4.69, 9.17) is 15.7 Å². The minimum Gasteiger partial charge on any atom is -0.371 e. The van der Waals surface area contributed by atoms with Crippen molar-refractivity contribution in [1.82, 2.24) is 19.9 Å². The average molecular weight is 498 g/mol. The number of anilines is 2. The maximum Gasteiger partial charge on any atom is 0.272 e. The molecule has 1 unspecified atom stereocenters. The third kappa shape index (κ3) is 5.02. The zero-order valence-corrected chi connectivity index (χ0v) is 21.8. The quantitative estimate of drug-likeness (QED) is 0.258. The highest BCUT2D eigenvalue weighted by Crippen LogP contribution is 2.28. The summed E-state index contributed by atoms with van der Waals surface area (Å²) in [5, 5.41) is 9.55. The molecule has 1 atom stereocenters. The van der Waals surface area contributed by atoms with E-state index in [2.05, 4.69) is 53.7 Å². The number of nitrogens with zero attached hydrogens (tertiary/aromatic N) is 4. The number of rotatable bonds is 7. The van der Waals surface area contributed by atoms with Gasteiger partial charge >= 0.3 is 0 Å². The number of nitrogens with two attached hydrogens (primary N) is 1. The number of amides is 1. The Bertz CT molecular complexity index is 1470. The molecule has 4 aromatic rings. The Labute approximate surface area is 217 Å². The van der Waals surface area contributed by atoms with Crippen molar-refractivity contribution in [3.63, 3.8) is 0 Å². The van der Waals surface area contributed by atoms with Gasteiger partial charge in [-0.15, -0.1) is 0 Å². The average Bonchev–Trinajstić information content (AvgIpc) is 3.29. The summed E-state index contributed by atoms with van der Waals surface area (Å²) in [5.74, 6) is 1.15. The number of para-hydroxylation sites is 1. The van der Waals surface area contributed by atoms with Crippen LogP contribution in [0.1, 0.15) is 42.9 Å². The lowest BCUT2D eigenvalue weighted by Gasteiger charge is -2.32. The first-order chi connectivity index (χ1) is 18.0. The van der Waals surface area contributed by atoms with Crippen molar-refractivity contribution in [1.29, 1.82) is 0 Å². The molecule has 0 spiro atoms. The van der Waals surface area contributed by atoms with Crippen LogP contribution in [0.15, 0.2) is 60.2 Å². The molecular formula is C29H35N7O. The number of hydrogen-bond acceptors (Lipinski definition) is 6. The van der Waals surface area contributed by atoms with Crippen molar-refractivity contribution in [2.45, 2.75) is 45.8 Å². The van der Waals surface area contributed by atoms with Crippen LogP contribution < -0.4 is 21.3 Å².